The van der Waals surface area contributed by atoms with E-state index in [9.17, 15) is 9.59 Å². The molecule has 3 aromatic rings. The van der Waals surface area contributed by atoms with Crippen molar-refractivity contribution in [2.75, 3.05) is 6.54 Å². The van der Waals surface area contributed by atoms with E-state index in [1.54, 1.807) is 12.3 Å². The number of aromatic nitrogens is 4. The maximum Gasteiger partial charge on any atom is 0.254 e. The fourth-order valence-electron chi connectivity index (χ4n) is 3.69. The van der Waals surface area contributed by atoms with Crippen LogP contribution in [0.15, 0.2) is 53.7 Å². The van der Waals surface area contributed by atoms with Gasteiger partial charge in [0.1, 0.15) is 11.7 Å². The van der Waals surface area contributed by atoms with Crippen LogP contribution in [0.5, 0.6) is 0 Å². The van der Waals surface area contributed by atoms with E-state index in [0.29, 0.717) is 42.3 Å². The van der Waals surface area contributed by atoms with E-state index < -0.39 is 0 Å². The Bertz CT molecular complexity index is 1010. The van der Waals surface area contributed by atoms with Crippen molar-refractivity contribution in [1.82, 2.24) is 24.4 Å². The number of fused-ring (bicyclic) bond motifs is 1. The highest BCUT2D eigenvalue weighted by molar-refractivity contribution is 5.80. The zero-order chi connectivity index (χ0) is 19.5. The minimum Gasteiger partial charge on any atom is -0.342 e. The third kappa shape index (κ3) is 3.47. The maximum atomic E-state index is 13.2. The van der Waals surface area contributed by atoms with E-state index >= 15 is 0 Å². The smallest absolute Gasteiger partial charge is 0.254 e. The van der Waals surface area contributed by atoms with Crippen molar-refractivity contribution in [2.45, 2.75) is 38.8 Å². The molecule has 144 valence electrons. The van der Waals surface area contributed by atoms with Crippen LogP contribution in [0.3, 0.4) is 0 Å². The van der Waals surface area contributed by atoms with E-state index in [0.717, 1.165) is 12.8 Å². The van der Waals surface area contributed by atoms with Gasteiger partial charge in [-0.1, -0.05) is 19.4 Å². The van der Waals surface area contributed by atoms with E-state index in [-0.39, 0.29) is 17.5 Å². The standard InChI is InChI=1S/C21H23N5O2/c1-2-7-18(25-11-5-6-12-25)21(28)26-13-9-15-17(14-26)23-19(24-20(15)27)16-8-3-4-10-22-16/h3-6,8,10-12,18H,2,7,9,13-14H2,1H3,(H,23,24,27)/t18-/m1/s1. The first-order chi connectivity index (χ1) is 13.7. The van der Waals surface area contributed by atoms with Crippen LogP contribution in [0.4, 0.5) is 0 Å². The van der Waals surface area contributed by atoms with E-state index in [1.807, 2.05) is 46.1 Å². The summed E-state index contributed by atoms with van der Waals surface area (Å²) in [5.41, 5.74) is 1.79. The van der Waals surface area contributed by atoms with Gasteiger partial charge >= 0.3 is 0 Å². The molecule has 3 aromatic heterocycles. The van der Waals surface area contributed by atoms with Crippen molar-refractivity contribution in [3.05, 3.63) is 70.5 Å². The molecule has 0 saturated carbocycles. The fraction of sp³-hybridized carbons (Fsp3) is 0.333. The third-order valence-electron chi connectivity index (χ3n) is 5.13. The number of carbonyl (C=O) groups excluding carboxylic acids is 1. The Kier molecular flexibility index (Phi) is 5.06. The highest BCUT2D eigenvalue weighted by Crippen LogP contribution is 2.23. The molecule has 28 heavy (non-hydrogen) atoms. The molecule has 1 amide bonds. The Hall–Kier alpha value is -3.22. The molecule has 7 nitrogen and oxygen atoms in total. The van der Waals surface area contributed by atoms with Crippen molar-refractivity contribution in [1.29, 1.82) is 0 Å². The summed E-state index contributed by atoms with van der Waals surface area (Å²) in [6.07, 6.45) is 7.73. The van der Waals surface area contributed by atoms with Crippen LogP contribution in [0, 0.1) is 0 Å². The van der Waals surface area contributed by atoms with E-state index in [1.165, 1.54) is 0 Å². The van der Waals surface area contributed by atoms with Crippen LogP contribution in [0.1, 0.15) is 37.1 Å². The van der Waals surface area contributed by atoms with Gasteiger partial charge < -0.3 is 14.5 Å². The van der Waals surface area contributed by atoms with Crippen molar-refractivity contribution in [3.8, 4) is 11.5 Å². The number of pyridine rings is 1. The van der Waals surface area contributed by atoms with Gasteiger partial charge in [0.25, 0.3) is 5.56 Å². The third-order valence-corrected chi connectivity index (χ3v) is 5.13. The number of aromatic amines is 1. The first kappa shape index (κ1) is 18.2. The molecule has 0 radical (unpaired) electrons. The minimum absolute atomic E-state index is 0.0742. The van der Waals surface area contributed by atoms with Gasteiger partial charge in [-0.05, 0) is 37.1 Å². The van der Waals surface area contributed by atoms with Gasteiger partial charge in [-0.15, -0.1) is 0 Å². The lowest BCUT2D eigenvalue weighted by molar-refractivity contribution is -0.136. The SMILES string of the molecule is CCC[C@H](C(=O)N1CCc2c(nc(-c3ccccn3)[nH]c2=O)C1)n1cccc1. The number of rotatable bonds is 5. The lowest BCUT2D eigenvalue weighted by Gasteiger charge is -2.31. The normalized spacial score (nSPS) is 14.5. The average Bonchev–Trinajstić information content (AvgIpc) is 3.26. The lowest BCUT2D eigenvalue weighted by Crippen LogP contribution is -2.42. The molecule has 1 N–H and O–H groups in total. The van der Waals surface area contributed by atoms with E-state index in [4.69, 9.17) is 0 Å². The molecule has 7 heteroatoms. The zero-order valence-electron chi connectivity index (χ0n) is 15.8. The quantitative estimate of drug-likeness (QED) is 0.741. The maximum absolute atomic E-state index is 13.2. The first-order valence-corrected chi connectivity index (χ1v) is 9.62. The Balaban J connectivity index is 1.62. The molecule has 1 atom stereocenters. The van der Waals surface area contributed by atoms with Crippen LogP contribution >= 0.6 is 0 Å². The molecule has 0 aliphatic carbocycles. The van der Waals surface area contributed by atoms with Crippen LogP contribution < -0.4 is 5.56 Å². The molecule has 1 aliphatic heterocycles. The van der Waals surface area contributed by atoms with Gasteiger partial charge in [-0.2, -0.15) is 0 Å². The van der Waals surface area contributed by atoms with Gasteiger partial charge in [-0.3, -0.25) is 14.6 Å². The Labute approximate surface area is 163 Å². The summed E-state index contributed by atoms with van der Waals surface area (Å²) in [6, 6.07) is 9.11. The summed E-state index contributed by atoms with van der Waals surface area (Å²) in [7, 11) is 0. The predicted molar refractivity (Wildman–Crippen MR) is 106 cm³/mol. The number of nitrogens with one attached hydrogen (secondary N) is 1. The second kappa shape index (κ2) is 7.80. The molecule has 0 fully saturated rings. The van der Waals surface area contributed by atoms with E-state index in [2.05, 4.69) is 21.9 Å². The van der Waals surface area contributed by atoms with Crippen LogP contribution in [-0.4, -0.2) is 36.9 Å². The summed E-state index contributed by atoms with van der Waals surface area (Å²) in [6.45, 7) is 2.95. The van der Waals surface area contributed by atoms with Gasteiger partial charge in [0, 0.05) is 30.7 Å². The van der Waals surface area contributed by atoms with Crippen molar-refractivity contribution in [2.24, 2.45) is 0 Å². The van der Waals surface area contributed by atoms with Crippen LogP contribution in [0.25, 0.3) is 11.5 Å². The molecule has 0 aromatic carbocycles. The molecule has 4 rings (SSSR count). The number of amides is 1. The summed E-state index contributed by atoms with van der Waals surface area (Å²) < 4.78 is 1.96. The minimum atomic E-state index is -0.223. The molecule has 0 bridgehead atoms. The highest BCUT2D eigenvalue weighted by atomic mass is 16.2. The second-order valence-corrected chi connectivity index (χ2v) is 7.00. The average molecular weight is 377 g/mol. The molecule has 4 heterocycles. The second-order valence-electron chi connectivity index (χ2n) is 7.00. The Morgan fingerprint density at radius 2 is 2.07 bits per heavy atom. The first-order valence-electron chi connectivity index (χ1n) is 9.62. The van der Waals surface area contributed by atoms with Gasteiger partial charge in [0.15, 0.2) is 5.82 Å². The van der Waals surface area contributed by atoms with Crippen LogP contribution in [-0.2, 0) is 17.8 Å². The Morgan fingerprint density at radius 1 is 1.25 bits per heavy atom. The van der Waals surface area contributed by atoms with Crippen LogP contribution in [0.2, 0.25) is 0 Å². The molecular formula is C21H23N5O2. The summed E-state index contributed by atoms with van der Waals surface area (Å²) in [4.78, 5) is 39.3. The summed E-state index contributed by atoms with van der Waals surface area (Å²) >= 11 is 0. The molecule has 0 unspecified atom stereocenters. The van der Waals surface area contributed by atoms with Crippen molar-refractivity contribution < 1.29 is 4.79 Å². The monoisotopic (exact) mass is 377 g/mol. The summed E-state index contributed by atoms with van der Waals surface area (Å²) in [5, 5.41) is 0. The molecule has 0 saturated heterocycles. The van der Waals surface area contributed by atoms with Gasteiger partial charge in [0.2, 0.25) is 5.91 Å². The van der Waals surface area contributed by atoms with Crippen molar-refractivity contribution >= 4 is 5.91 Å². The van der Waals surface area contributed by atoms with Gasteiger partial charge in [-0.25, -0.2) is 4.98 Å². The predicted octanol–water partition coefficient (Wildman–Crippen LogP) is 2.56. The molecule has 0 spiro atoms. The number of H-pyrrole nitrogens is 1. The number of carbonyl (C=O) groups is 1. The highest BCUT2D eigenvalue weighted by Gasteiger charge is 2.29. The summed E-state index contributed by atoms with van der Waals surface area (Å²) in [5.74, 6) is 0.513. The molecular weight excluding hydrogens is 354 g/mol. The Morgan fingerprint density at radius 3 is 2.79 bits per heavy atom. The van der Waals surface area contributed by atoms with Gasteiger partial charge in [0.05, 0.1) is 12.2 Å². The lowest BCUT2D eigenvalue weighted by atomic mass is 10.0. The number of nitrogens with zero attached hydrogens (tertiary/aromatic N) is 4. The van der Waals surface area contributed by atoms with Crippen molar-refractivity contribution in [3.63, 3.8) is 0 Å². The molecule has 1 aliphatic rings. The fourth-order valence-corrected chi connectivity index (χ4v) is 3.69. The zero-order valence-corrected chi connectivity index (χ0v) is 15.8. The number of hydrogen-bond acceptors (Lipinski definition) is 4. The largest absolute Gasteiger partial charge is 0.342 e. The topological polar surface area (TPSA) is 83.9 Å². The number of hydrogen-bond donors (Lipinski definition) is 1.